The minimum atomic E-state index is 0.0870. The van der Waals surface area contributed by atoms with Crippen LogP contribution < -0.4 is 11.5 Å². The van der Waals surface area contributed by atoms with Crippen molar-refractivity contribution in [3.8, 4) is 0 Å². The molecule has 1 heterocycles. The zero-order chi connectivity index (χ0) is 9.68. The summed E-state index contributed by atoms with van der Waals surface area (Å²) in [4.78, 5) is 3.99. The summed E-state index contributed by atoms with van der Waals surface area (Å²) in [6, 6.07) is 3.90. The highest BCUT2D eigenvalue weighted by Gasteiger charge is 2.04. The van der Waals surface area contributed by atoms with Crippen LogP contribution in [0.5, 0.6) is 0 Å². The molecule has 0 aliphatic heterocycles. The molecule has 0 saturated carbocycles. The van der Waals surface area contributed by atoms with E-state index in [0.29, 0.717) is 5.82 Å². The lowest BCUT2D eigenvalue weighted by molar-refractivity contribution is 0.679. The molecule has 3 heteroatoms. The highest BCUT2D eigenvalue weighted by molar-refractivity contribution is 5.38. The van der Waals surface area contributed by atoms with Crippen molar-refractivity contribution < 1.29 is 0 Å². The molecular formula is C10H15N3. The summed E-state index contributed by atoms with van der Waals surface area (Å²) in [5.74, 6) is 0.571. The third kappa shape index (κ3) is 2.87. The molecule has 1 rings (SSSR count). The van der Waals surface area contributed by atoms with E-state index in [-0.39, 0.29) is 6.04 Å². The fraction of sp³-hybridized carbons (Fsp3) is 0.300. The van der Waals surface area contributed by atoms with Gasteiger partial charge in [0.2, 0.25) is 0 Å². The van der Waals surface area contributed by atoms with E-state index in [0.717, 1.165) is 18.4 Å². The van der Waals surface area contributed by atoms with Crippen LogP contribution in [0.3, 0.4) is 0 Å². The number of rotatable bonds is 4. The van der Waals surface area contributed by atoms with Crippen LogP contribution in [-0.4, -0.2) is 11.0 Å². The van der Waals surface area contributed by atoms with Gasteiger partial charge in [-0.15, -0.1) is 6.58 Å². The molecule has 0 aromatic carbocycles. The smallest absolute Gasteiger partial charge is 0.126 e. The van der Waals surface area contributed by atoms with Gasteiger partial charge in [-0.05, 0) is 24.5 Å². The number of hydrogen-bond acceptors (Lipinski definition) is 3. The van der Waals surface area contributed by atoms with Crippen molar-refractivity contribution in [2.24, 2.45) is 5.73 Å². The number of pyridine rings is 1. The molecule has 0 fully saturated rings. The van der Waals surface area contributed by atoms with Crippen molar-refractivity contribution in [2.75, 3.05) is 5.73 Å². The van der Waals surface area contributed by atoms with E-state index in [1.165, 1.54) is 0 Å². The molecule has 1 aromatic rings. The van der Waals surface area contributed by atoms with Crippen LogP contribution >= 0.6 is 0 Å². The maximum atomic E-state index is 5.83. The van der Waals surface area contributed by atoms with Gasteiger partial charge in [0.1, 0.15) is 5.82 Å². The third-order valence-corrected chi connectivity index (χ3v) is 1.88. The molecule has 0 bridgehead atoms. The van der Waals surface area contributed by atoms with Crippen molar-refractivity contribution in [1.82, 2.24) is 4.98 Å². The topological polar surface area (TPSA) is 64.9 Å². The predicted octanol–water partition coefficient (Wildman–Crippen LogP) is 1.11. The molecule has 0 radical (unpaired) electrons. The Labute approximate surface area is 78.5 Å². The summed E-state index contributed by atoms with van der Waals surface area (Å²) in [6.45, 7) is 3.64. The lowest BCUT2D eigenvalue weighted by Gasteiger charge is -2.09. The summed E-state index contributed by atoms with van der Waals surface area (Å²) >= 11 is 0. The molecule has 13 heavy (non-hydrogen) atoms. The molecule has 0 aliphatic rings. The molecule has 0 saturated heterocycles. The van der Waals surface area contributed by atoms with Gasteiger partial charge in [-0.2, -0.15) is 0 Å². The molecular weight excluding hydrogens is 162 g/mol. The summed E-state index contributed by atoms with van der Waals surface area (Å²) in [5, 5.41) is 0. The maximum absolute atomic E-state index is 5.83. The summed E-state index contributed by atoms with van der Waals surface area (Å²) in [6.07, 6.45) is 5.05. The fourth-order valence-electron chi connectivity index (χ4n) is 1.20. The summed E-state index contributed by atoms with van der Waals surface area (Å²) in [5.41, 5.74) is 12.5. The minimum absolute atomic E-state index is 0.0870. The van der Waals surface area contributed by atoms with Gasteiger partial charge >= 0.3 is 0 Å². The first kappa shape index (κ1) is 9.74. The average Bonchev–Trinajstić information content (AvgIpc) is 2.09. The van der Waals surface area contributed by atoms with E-state index < -0.39 is 0 Å². The van der Waals surface area contributed by atoms with Gasteiger partial charge in [-0.25, -0.2) is 4.98 Å². The van der Waals surface area contributed by atoms with Crippen LogP contribution in [0.2, 0.25) is 0 Å². The normalized spacial score (nSPS) is 12.4. The summed E-state index contributed by atoms with van der Waals surface area (Å²) in [7, 11) is 0. The standard InChI is InChI=1S/C10H15N3/c1-2-4-9(11)7-8-5-3-6-13-10(8)12/h2-3,5-6,9H,1,4,7,11H2,(H2,12,13). The van der Waals surface area contributed by atoms with E-state index in [2.05, 4.69) is 11.6 Å². The number of nitrogens with two attached hydrogens (primary N) is 2. The molecule has 1 atom stereocenters. The van der Waals surface area contributed by atoms with Gasteiger partial charge in [-0.3, -0.25) is 0 Å². The maximum Gasteiger partial charge on any atom is 0.126 e. The number of nitrogens with zero attached hydrogens (tertiary/aromatic N) is 1. The number of aromatic nitrogens is 1. The monoisotopic (exact) mass is 177 g/mol. The average molecular weight is 177 g/mol. The zero-order valence-corrected chi connectivity index (χ0v) is 7.61. The van der Waals surface area contributed by atoms with Crippen molar-refractivity contribution in [1.29, 1.82) is 0 Å². The lowest BCUT2D eigenvalue weighted by Crippen LogP contribution is -2.22. The molecule has 1 unspecified atom stereocenters. The first-order valence-corrected chi connectivity index (χ1v) is 4.30. The van der Waals surface area contributed by atoms with Crippen LogP contribution in [0, 0.1) is 0 Å². The van der Waals surface area contributed by atoms with Crippen LogP contribution in [0.15, 0.2) is 31.0 Å². The number of anilines is 1. The predicted molar refractivity (Wildman–Crippen MR) is 55.1 cm³/mol. The van der Waals surface area contributed by atoms with E-state index in [9.17, 15) is 0 Å². The Morgan fingerprint density at radius 2 is 2.38 bits per heavy atom. The fourth-order valence-corrected chi connectivity index (χ4v) is 1.20. The van der Waals surface area contributed by atoms with Gasteiger partial charge in [0.25, 0.3) is 0 Å². The highest BCUT2D eigenvalue weighted by atomic mass is 14.8. The van der Waals surface area contributed by atoms with Crippen molar-refractivity contribution in [3.63, 3.8) is 0 Å². The largest absolute Gasteiger partial charge is 0.383 e. The van der Waals surface area contributed by atoms with Crippen LogP contribution in [-0.2, 0) is 6.42 Å². The molecule has 1 aromatic heterocycles. The van der Waals surface area contributed by atoms with Gasteiger partial charge < -0.3 is 11.5 Å². The first-order chi connectivity index (χ1) is 6.24. The molecule has 4 N–H and O–H groups in total. The van der Waals surface area contributed by atoms with Crippen LogP contribution in [0.25, 0.3) is 0 Å². The van der Waals surface area contributed by atoms with Crippen molar-refractivity contribution in [3.05, 3.63) is 36.5 Å². The first-order valence-electron chi connectivity index (χ1n) is 4.30. The molecule has 3 nitrogen and oxygen atoms in total. The van der Waals surface area contributed by atoms with Gasteiger partial charge in [0.15, 0.2) is 0 Å². The van der Waals surface area contributed by atoms with Gasteiger partial charge in [0, 0.05) is 12.2 Å². The second-order valence-electron chi connectivity index (χ2n) is 3.04. The minimum Gasteiger partial charge on any atom is -0.383 e. The Bertz CT molecular complexity index is 283. The van der Waals surface area contributed by atoms with E-state index in [1.54, 1.807) is 6.20 Å². The Balaban J connectivity index is 2.63. The Morgan fingerprint density at radius 3 is 3.00 bits per heavy atom. The van der Waals surface area contributed by atoms with E-state index in [4.69, 9.17) is 11.5 Å². The quantitative estimate of drug-likeness (QED) is 0.677. The highest BCUT2D eigenvalue weighted by Crippen LogP contribution is 2.10. The Kier molecular flexibility index (Phi) is 3.46. The molecule has 0 aliphatic carbocycles. The lowest BCUT2D eigenvalue weighted by atomic mass is 10.1. The van der Waals surface area contributed by atoms with Crippen LogP contribution in [0.4, 0.5) is 5.82 Å². The van der Waals surface area contributed by atoms with E-state index in [1.807, 2.05) is 18.2 Å². The third-order valence-electron chi connectivity index (χ3n) is 1.88. The number of nitrogen functional groups attached to an aromatic ring is 1. The Morgan fingerprint density at radius 1 is 1.62 bits per heavy atom. The van der Waals surface area contributed by atoms with Crippen LogP contribution in [0.1, 0.15) is 12.0 Å². The number of hydrogen-bond donors (Lipinski definition) is 2. The molecule has 70 valence electrons. The van der Waals surface area contributed by atoms with E-state index >= 15 is 0 Å². The summed E-state index contributed by atoms with van der Waals surface area (Å²) < 4.78 is 0. The Hall–Kier alpha value is -1.35. The van der Waals surface area contributed by atoms with Gasteiger partial charge in [-0.1, -0.05) is 12.1 Å². The van der Waals surface area contributed by atoms with Crippen molar-refractivity contribution in [2.45, 2.75) is 18.9 Å². The second-order valence-corrected chi connectivity index (χ2v) is 3.04. The van der Waals surface area contributed by atoms with Crippen molar-refractivity contribution >= 4 is 5.82 Å². The second kappa shape index (κ2) is 4.62. The zero-order valence-electron chi connectivity index (χ0n) is 7.61. The molecule has 0 spiro atoms. The SMILES string of the molecule is C=CCC(N)Cc1cccnc1N. The molecule has 0 amide bonds. The van der Waals surface area contributed by atoms with Gasteiger partial charge in [0.05, 0.1) is 0 Å².